The number of hydrogen-bond acceptors (Lipinski definition) is 4. The van der Waals surface area contributed by atoms with Crippen LogP contribution in [0.5, 0.6) is 0 Å². The van der Waals surface area contributed by atoms with Gasteiger partial charge >= 0.3 is 5.97 Å². The van der Waals surface area contributed by atoms with Gasteiger partial charge in [0.2, 0.25) is 15.9 Å². The maximum Gasteiger partial charge on any atom is 0.335 e. The van der Waals surface area contributed by atoms with E-state index in [9.17, 15) is 18.0 Å². The highest BCUT2D eigenvalue weighted by molar-refractivity contribution is 7.88. The molecular formula is C16H22N2O5S. The highest BCUT2D eigenvalue weighted by Gasteiger charge is 2.28. The number of benzene rings is 1. The Balaban J connectivity index is 1.71. The van der Waals surface area contributed by atoms with Gasteiger partial charge in [-0.15, -0.1) is 0 Å². The molecule has 1 aliphatic heterocycles. The van der Waals surface area contributed by atoms with E-state index in [1.54, 1.807) is 12.1 Å². The van der Waals surface area contributed by atoms with E-state index in [2.05, 4.69) is 5.32 Å². The average molecular weight is 354 g/mol. The number of carboxylic acids is 1. The third-order valence-corrected chi connectivity index (χ3v) is 5.42. The lowest BCUT2D eigenvalue weighted by molar-refractivity contribution is -0.121. The van der Waals surface area contributed by atoms with Crippen LogP contribution in [0.25, 0.3) is 0 Å². The van der Waals surface area contributed by atoms with Crippen molar-refractivity contribution >= 4 is 21.9 Å². The Morgan fingerprint density at radius 3 is 2.50 bits per heavy atom. The van der Waals surface area contributed by atoms with E-state index in [1.807, 2.05) is 0 Å². The van der Waals surface area contributed by atoms with Crippen molar-refractivity contribution in [2.75, 3.05) is 25.9 Å². The smallest absolute Gasteiger partial charge is 0.335 e. The maximum absolute atomic E-state index is 11.9. The second-order valence-electron chi connectivity index (χ2n) is 6.08. The van der Waals surface area contributed by atoms with Crippen molar-refractivity contribution in [3.63, 3.8) is 0 Å². The van der Waals surface area contributed by atoms with Crippen molar-refractivity contribution in [2.24, 2.45) is 5.92 Å². The van der Waals surface area contributed by atoms with Crippen LogP contribution in [0.4, 0.5) is 0 Å². The first-order valence-corrected chi connectivity index (χ1v) is 9.64. The van der Waals surface area contributed by atoms with Crippen LogP contribution in [0.1, 0.15) is 28.8 Å². The zero-order valence-corrected chi connectivity index (χ0v) is 14.4. The molecule has 8 heteroatoms. The molecule has 1 heterocycles. The first-order chi connectivity index (χ1) is 11.3. The Morgan fingerprint density at radius 1 is 1.29 bits per heavy atom. The molecule has 24 heavy (non-hydrogen) atoms. The third-order valence-electron chi connectivity index (χ3n) is 4.15. The minimum atomic E-state index is -3.15. The van der Waals surface area contributed by atoms with Crippen molar-refractivity contribution in [1.82, 2.24) is 9.62 Å². The van der Waals surface area contributed by atoms with Crippen LogP contribution in [0.3, 0.4) is 0 Å². The summed E-state index contributed by atoms with van der Waals surface area (Å²) in [5, 5.41) is 11.7. The zero-order chi connectivity index (χ0) is 17.7. The topological polar surface area (TPSA) is 104 Å². The van der Waals surface area contributed by atoms with Gasteiger partial charge in [0.05, 0.1) is 11.8 Å². The number of sulfonamides is 1. The second-order valence-corrected chi connectivity index (χ2v) is 8.06. The summed E-state index contributed by atoms with van der Waals surface area (Å²) in [7, 11) is -3.15. The molecule has 1 aromatic rings. The van der Waals surface area contributed by atoms with Crippen LogP contribution in [-0.2, 0) is 21.2 Å². The van der Waals surface area contributed by atoms with Crippen LogP contribution in [-0.4, -0.2) is 55.6 Å². The summed E-state index contributed by atoms with van der Waals surface area (Å²) in [5.41, 5.74) is 1.12. The lowest BCUT2D eigenvalue weighted by Gasteiger charge is -2.14. The van der Waals surface area contributed by atoms with E-state index in [-0.39, 0.29) is 17.4 Å². The summed E-state index contributed by atoms with van der Waals surface area (Å²) in [5.74, 6) is -0.910. The largest absolute Gasteiger partial charge is 0.478 e. The van der Waals surface area contributed by atoms with Crippen molar-refractivity contribution in [3.8, 4) is 0 Å². The first kappa shape index (κ1) is 18.4. The Hall–Kier alpha value is -1.93. The van der Waals surface area contributed by atoms with E-state index in [0.29, 0.717) is 32.5 Å². The highest BCUT2D eigenvalue weighted by atomic mass is 32.2. The number of amides is 1. The van der Waals surface area contributed by atoms with E-state index in [4.69, 9.17) is 5.11 Å². The molecule has 1 aliphatic rings. The number of nitrogens with zero attached hydrogens (tertiary/aromatic N) is 1. The number of aryl methyl sites for hydroxylation is 1. The fourth-order valence-electron chi connectivity index (χ4n) is 2.68. The van der Waals surface area contributed by atoms with Gasteiger partial charge in [-0.25, -0.2) is 17.5 Å². The number of hydrogen-bond donors (Lipinski definition) is 2. The third kappa shape index (κ3) is 5.31. The van der Waals surface area contributed by atoms with Gasteiger partial charge in [0.1, 0.15) is 0 Å². The predicted molar refractivity (Wildman–Crippen MR) is 89.3 cm³/mol. The SMILES string of the molecule is CS(=O)(=O)N1CCC(CNC(=O)CCc2ccc(C(=O)O)cc2)C1. The van der Waals surface area contributed by atoms with Crippen molar-refractivity contribution in [3.05, 3.63) is 35.4 Å². The van der Waals surface area contributed by atoms with Crippen LogP contribution >= 0.6 is 0 Å². The molecule has 0 spiro atoms. The number of carbonyl (C=O) groups is 2. The van der Waals surface area contributed by atoms with Crippen LogP contribution in [0.2, 0.25) is 0 Å². The summed E-state index contributed by atoms with van der Waals surface area (Å²) in [4.78, 5) is 22.7. The molecular weight excluding hydrogens is 332 g/mol. The molecule has 0 bridgehead atoms. The van der Waals surface area contributed by atoms with Gasteiger partial charge in [-0.2, -0.15) is 0 Å². The van der Waals surface area contributed by atoms with Gasteiger partial charge in [-0.05, 0) is 36.5 Å². The molecule has 2 N–H and O–H groups in total. The quantitative estimate of drug-likeness (QED) is 0.751. The fourth-order valence-corrected chi connectivity index (χ4v) is 3.60. The minimum Gasteiger partial charge on any atom is -0.478 e. The second kappa shape index (κ2) is 7.76. The fraction of sp³-hybridized carbons (Fsp3) is 0.500. The lowest BCUT2D eigenvalue weighted by Crippen LogP contribution is -2.32. The van der Waals surface area contributed by atoms with Crippen molar-refractivity contribution in [2.45, 2.75) is 19.3 Å². The first-order valence-electron chi connectivity index (χ1n) is 7.80. The highest BCUT2D eigenvalue weighted by Crippen LogP contribution is 2.18. The van der Waals surface area contributed by atoms with Crippen molar-refractivity contribution < 1.29 is 23.1 Å². The van der Waals surface area contributed by atoms with Gasteiger partial charge in [0.15, 0.2) is 0 Å². The van der Waals surface area contributed by atoms with Crippen LogP contribution in [0, 0.1) is 5.92 Å². The molecule has 1 aromatic carbocycles. The summed E-state index contributed by atoms with van der Waals surface area (Å²) in [6.45, 7) is 1.44. The lowest BCUT2D eigenvalue weighted by atomic mass is 10.1. The van der Waals surface area contributed by atoms with Gasteiger partial charge < -0.3 is 10.4 Å². The molecule has 1 atom stereocenters. The maximum atomic E-state index is 11.9. The number of aromatic carboxylic acids is 1. The minimum absolute atomic E-state index is 0.0879. The van der Waals surface area contributed by atoms with Crippen molar-refractivity contribution in [1.29, 1.82) is 0 Å². The molecule has 0 saturated carbocycles. The van der Waals surface area contributed by atoms with Gasteiger partial charge in [0, 0.05) is 26.1 Å². The summed E-state index contributed by atoms with van der Waals surface area (Å²) in [6, 6.07) is 6.46. The Bertz CT molecular complexity index is 700. The number of nitrogens with one attached hydrogen (secondary N) is 1. The normalized spacial score (nSPS) is 18.5. The molecule has 1 saturated heterocycles. The number of carboxylic acid groups (broad SMARTS) is 1. The molecule has 1 amide bonds. The van der Waals surface area contributed by atoms with Gasteiger partial charge in [-0.1, -0.05) is 12.1 Å². The molecule has 0 radical (unpaired) electrons. The zero-order valence-electron chi connectivity index (χ0n) is 13.6. The van der Waals surface area contributed by atoms with E-state index in [0.717, 1.165) is 12.0 Å². The summed E-state index contributed by atoms with van der Waals surface area (Å²) in [6.07, 6.45) is 2.80. The van der Waals surface area contributed by atoms with E-state index >= 15 is 0 Å². The summed E-state index contributed by atoms with van der Waals surface area (Å²) < 4.78 is 24.3. The molecule has 1 fully saturated rings. The van der Waals surface area contributed by atoms with Gasteiger partial charge in [-0.3, -0.25) is 4.79 Å². The Morgan fingerprint density at radius 2 is 1.96 bits per heavy atom. The Labute approximate surface area is 141 Å². The number of rotatable bonds is 7. The average Bonchev–Trinajstić information content (AvgIpc) is 3.00. The van der Waals surface area contributed by atoms with Crippen LogP contribution in [0.15, 0.2) is 24.3 Å². The Kier molecular flexibility index (Phi) is 5.95. The van der Waals surface area contributed by atoms with Gasteiger partial charge in [0.25, 0.3) is 0 Å². The van der Waals surface area contributed by atoms with Crippen LogP contribution < -0.4 is 5.32 Å². The summed E-state index contributed by atoms with van der Waals surface area (Å²) >= 11 is 0. The monoisotopic (exact) mass is 354 g/mol. The molecule has 1 unspecified atom stereocenters. The molecule has 0 aromatic heterocycles. The molecule has 132 valence electrons. The number of carbonyl (C=O) groups excluding carboxylic acids is 1. The molecule has 7 nitrogen and oxygen atoms in total. The van der Waals surface area contributed by atoms with E-state index < -0.39 is 16.0 Å². The standard InChI is InChI=1S/C16H22N2O5S/c1-24(22,23)18-9-8-13(11-18)10-17-15(19)7-4-12-2-5-14(6-3-12)16(20)21/h2-3,5-6,13H,4,7-11H2,1H3,(H,17,19)(H,20,21). The van der Waals surface area contributed by atoms with E-state index in [1.165, 1.54) is 22.7 Å². The predicted octanol–water partition coefficient (Wildman–Crippen LogP) is 0.715. The molecule has 2 rings (SSSR count). The molecule has 0 aliphatic carbocycles.